The van der Waals surface area contributed by atoms with E-state index in [4.69, 9.17) is 11.6 Å². The Balaban J connectivity index is 2.10. The third-order valence-corrected chi connectivity index (χ3v) is 4.41. The lowest BCUT2D eigenvalue weighted by Gasteiger charge is -2.31. The zero-order valence-corrected chi connectivity index (χ0v) is 14.9. The summed E-state index contributed by atoms with van der Waals surface area (Å²) in [7, 11) is 0. The molecular formula is C19H17ClN3O3-. The van der Waals surface area contributed by atoms with Crippen molar-refractivity contribution in [3.05, 3.63) is 64.7 Å². The third kappa shape index (κ3) is 3.55. The van der Waals surface area contributed by atoms with Crippen molar-refractivity contribution < 1.29 is 14.7 Å². The molecule has 0 saturated heterocycles. The van der Waals surface area contributed by atoms with Gasteiger partial charge in [-0.3, -0.25) is 14.7 Å². The van der Waals surface area contributed by atoms with Crippen molar-refractivity contribution in [2.75, 3.05) is 24.7 Å². The summed E-state index contributed by atoms with van der Waals surface area (Å²) in [6.07, 6.45) is -1.33. The van der Waals surface area contributed by atoms with Gasteiger partial charge in [0, 0.05) is 22.7 Å². The normalized spacial score (nSPS) is 13.7. The summed E-state index contributed by atoms with van der Waals surface area (Å²) < 4.78 is 0. The first-order valence-electron chi connectivity index (χ1n) is 8.17. The molecule has 2 aromatic carbocycles. The first-order chi connectivity index (χ1) is 12.5. The van der Waals surface area contributed by atoms with Gasteiger partial charge in [0.25, 0.3) is 0 Å². The van der Waals surface area contributed by atoms with Gasteiger partial charge >= 0.3 is 0 Å². The number of hydrogen-bond donors (Lipinski definition) is 0. The maximum absolute atomic E-state index is 12.7. The highest BCUT2D eigenvalue weighted by Gasteiger charge is 2.26. The number of amides is 2. The summed E-state index contributed by atoms with van der Waals surface area (Å²) in [4.78, 5) is 30.9. The minimum Gasteiger partial charge on any atom is -0.530 e. The minimum atomic E-state index is -1.33. The second-order valence-electron chi connectivity index (χ2n) is 5.78. The number of anilines is 1. The highest BCUT2D eigenvalue weighted by atomic mass is 35.5. The van der Waals surface area contributed by atoms with Gasteiger partial charge in [0.2, 0.25) is 5.91 Å². The highest BCUT2D eigenvalue weighted by Crippen LogP contribution is 2.29. The number of carboxylic acid groups (broad SMARTS) is 1. The van der Waals surface area contributed by atoms with E-state index in [9.17, 15) is 14.7 Å². The molecule has 0 aliphatic carbocycles. The number of benzene rings is 2. The standard InChI is InChI=1S/C19H18ClN3O3/c1-2-22(19(25)26)12-23-16-9-8-14(20)10-15(16)18(21-11-17(23)24)13-6-4-3-5-7-13/h3-10H,2,11-12H2,1H3,(H,25,26)/p-1. The molecule has 0 bridgehead atoms. The van der Waals surface area contributed by atoms with Crippen LogP contribution in [0.3, 0.4) is 0 Å². The van der Waals surface area contributed by atoms with Gasteiger partial charge in [-0.15, -0.1) is 0 Å². The summed E-state index contributed by atoms with van der Waals surface area (Å²) >= 11 is 6.18. The molecule has 7 heteroatoms. The molecule has 0 N–H and O–H groups in total. The van der Waals surface area contributed by atoms with Crippen LogP contribution in [0.25, 0.3) is 0 Å². The van der Waals surface area contributed by atoms with Crippen molar-refractivity contribution >= 4 is 35.0 Å². The Morgan fingerprint density at radius 2 is 2.00 bits per heavy atom. The average molecular weight is 371 g/mol. The van der Waals surface area contributed by atoms with Crippen molar-refractivity contribution in [1.29, 1.82) is 0 Å². The number of halogens is 1. The van der Waals surface area contributed by atoms with Crippen molar-refractivity contribution in [2.24, 2.45) is 4.99 Å². The van der Waals surface area contributed by atoms with Gasteiger partial charge in [-0.05, 0) is 25.1 Å². The van der Waals surface area contributed by atoms with E-state index in [1.165, 1.54) is 4.90 Å². The number of benzodiazepines with no additional fused rings is 1. The minimum absolute atomic E-state index is 0.0822. The van der Waals surface area contributed by atoms with E-state index in [-0.39, 0.29) is 25.7 Å². The molecule has 1 aliphatic heterocycles. The summed E-state index contributed by atoms with van der Waals surface area (Å²) in [6.45, 7) is 1.69. The molecule has 0 aromatic heterocycles. The van der Waals surface area contributed by atoms with Crippen LogP contribution in [0.15, 0.2) is 53.5 Å². The van der Waals surface area contributed by atoms with Crippen LogP contribution < -0.4 is 10.0 Å². The highest BCUT2D eigenvalue weighted by molar-refractivity contribution is 6.32. The Bertz CT molecular complexity index is 868. The van der Waals surface area contributed by atoms with Crippen molar-refractivity contribution in [3.63, 3.8) is 0 Å². The van der Waals surface area contributed by atoms with E-state index in [1.807, 2.05) is 30.3 Å². The fraction of sp³-hybridized carbons (Fsp3) is 0.211. The van der Waals surface area contributed by atoms with Gasteiger partial charge in [-0.25, -0.2) is 0 Å². The van der Waals surface area contributed by atoms with Crippen LogP contribution >= 0.6 is 11.6 Å². The summed E-state index contributed by atoms with van der Waals surface area (Å²) in [6, 6.07) is 14.6. The van der Waals surface area contributed by atoms with Crippen LogP contribution in [0.1, 0.15) is 18.1 Å². The summed E-state index contributed by atoms with van der Waals surface area (Å²) in [5.74, 6) is -0.292. The quantitative estimate of drug-likeness (QED) is 0.827. The number of carbonyl (C=O) groups is 2. The number of rotatable bonds is 4. The largest absolute Gasteiger partial charge is 0.530 e. The molecule has 0 saturated carbocycles. The first kappa shape index (κ1) is 17.9. The maximum Gasteiger partial charge on any atom is 0.250 e. The number of aliphatic imine (C=N–C) groups is 1. The van der Waals surface area contributed by atoms with Crippen molar-refractivity contribution in [2.45, 2.75) is 6.92 Å². The Kier molecular flexibility index (Phi) is 5.23. The van der Waals surface area contributed by atoms with Gasteiger partial charge in [0.05, 0.1) is 18.1 Å². The Labute approximate surface area is 156 Å². The molecule has 0 fully saturated rings. The lowest BCUT2D eigenvalue weighted by Crippen LogP contribution is -2.49. The lowest BCUT2D eigenvalue weighted by atomic mass is 10.0. The fourth-order valence-electron chi connectivity index (χ4n) is 2.84. The average Bonchev–Trinajstić information content (AvgIpc) is 2.76. The molecule has 134 valence electrons. The molecule has 6 nitrogen and oxygen atoms in total. The second-order valence-corrected chi connectivity index (χ2v) is 6.21. The van der Waals surface area contributed by atoms with E-state index in [2.05, 4.69) is 4.99 Å². The number of fused-ring (bicyclic) bond motifs is 1. The van der Waals surface area contributed by atoms with Gasteiger partial charge in [0.1, 0.15) is 12.6 Å². The van der Waals surface area contributed by atoms with E-state index in [0.29, 0.717) is 22.0 Å². The first-order valence-corrected chi connectivity index (χ1v) is 8.55. The lowest BCUT2D eigenvalue weighted by molar-refractivity contribution is -0.265. The third-order valence-electron chi connectivity index (χ3n) is 4.18. The van der Waals surface area contributed by atoms with E-state index in [0.717, 1.165) is 10.5 Å². The zero-order chi connectivity index (χ0) is 18.7. The van der Waals surface area contributed by atoms with E-state index in [1.54, 1.807) is 25.1 Å². The van der Waals surface area contributed by atoms with Crippen LogP contribution in [0.4, 0.5) is 10.5 Å². The Morgan fingerprint density at radius 1 is 1.27 bits per heavy atom. The van der Waals surface area contributed by atoms with Crippen molar-refractivity contribution in [3.8, 4) is 0 Å². The molecule has 2 aromatic rings. The molecule has 0 spiro atoms. The molecule has 1 aliphatic rings. The molecular weight excluding hydrogens is 354 g/mol. The Morgan fingerprint density at radius 3 is 2.65 bits per heavy atom. The van der Waals surface area contributed by atoms with Crippen LogP contribution in [-0.4, -0.2) is 42.4 Å². The topological polar surface area (TPSA) is 76.0 Å². The fourth-order valence-corrected chi connectivity index (χ4v) is 3.01. The van der Waals surface area contributed by atoms with Crippen LogP contribution in [0.5, 0.6) is 0 Å². The summed E-state index contributed by atoms with van der Waals surface area (Å²) in [5.41, 5.74) is 2.76. The monoisotopic (exact) mass is 370 g/mol. The van der Waals surface area contributed by atoms with Gasteiger partial charge in [-0.2, -0.15) is 0 Å². The number of nitrogens with zero attached hydrogens (tertiary/aromatic N) is 3. The SMILES string of the molecule is CCN(CN1C(=O)CN=C(c2ccccc2)c2cc(Cl)ccc21)C(=O)[O-]. The van der Waals surface area contributed by atoms with Gasteiger partial charge in [-0.1, -0.05) is 41.9 Å². The number of hydrogen-bond acceptors (Lipinski definition) is 4. The Hall–Kier alpha value is -2.86. The predicted octanol–water partition coefficient (Wildman–Crippen LogP) is 2.15. The molecule has 0 radical (unpaired) electrons. The van der Waals surface area contributed by atoms with Crippen molar-refractivity contribution in [1.82, 2.24) is 4.90 Å². The van der Waals surface area contributed by atoms with E-state index >= 15 is 0 Å². The van der Waals surface area contributed by atoms with Gasteiger partial charge in [0.15, 0.2) is 0 Å². The van der Waals surface area contributed by atoms with E-state index < -0.39 is 6.09 Å². The molecule has 1 heterocycles. The molecule has 26 heavy (non-hydrogen) atoms. The smallest absolute Gasteiger partial charge is 0.250 e. The van der Waals surface area contributed by atoms with Crippen LogP contribution in [0.2, 0.25) is 5.02 Å². The molecule has 0 unspecified atom stereocenters. The van der Waals surface area contributed by atoms with Crippen LogP contribution in [0, 0.1) is 0 Å². The molecule has 0 atom stereocenters. The van der Waals surface area contributed by atoms with Crippen LogP contribution in [-0.2, 0) is 4.79 Å². The molecule has 2 amide bonds. The summed E-state index contributed by atoms with van der Waals surface area (Å²) in [5, 5.41) is 11.8. The second kappa shape index (κ2) is 7.58. The maximum atomic E-state index is 12.7. The predicted molar refractivity (Wildman–Crippen MR) is 98.5 cm³/mol. The number of carbonyl (C=O) groups excluding carboxylic acids is 2. The van der Waals surface area contributed by atoms with Gasteiger partial charge < -0.3 is 14.8 Å². The molecule has 3 rings (SSSR count). The zero-order valence-electron chi connectivity index (χ0n) is 14.2.